The quantitative estimate of drug-likeness (QED) is 0.490. The van der Waals surface area contributed by atoms with Crippen LogP contribution in [-0.2, 0) is 9.53 Å². The van der Waals surface area contributed by atoms with E-state index in [0.717, 1.165) is 6.42 Å². The van der Waals surface area contributed by atoms with Gasteiger partial charge >= 0.3 is 5.97 Å². The highest BCUT2D eigenvalue weighted by Crippen LogP contribution is 2.36. The molecule has 1 aliphatic heterocycles. The Hall–Kier alpha value is -2.97. The number of rotatable bonds is 5. The van der Waals surface area contributed by atoms with Gasteiger partial charge in [0.2, 0.25) is 0 Å². The van der Waals surface area contributed by atoms with Crippen molar-refractivity contribution >= 4 is 40.0 Å². The third-order valence-electron chi connectivity index (χ3n) is 4.32. The molecular formula is C20H17ClFN3O4. The molecule has 1 atom stereocenters. The lowest BCUT2D eigenvalue weighted by Gasteiger charge is -2.17. The predicted octanol–water partition coefficient (Wildman–Crippen LogP) is 4.26. The second-order valence-electron chi connectivity index (χ2n) is 6.49. The van der Waals surface area contributed by atoms with Crippen LogP contribution in [0.5, 0.6) is 11.5 Å². The van der Waals surface area contributed by atoms with Gasteiger partial charge in [0.05, 0.1) is 23.8 Å². The lowest BCUT2D eigenvalue weighted by Crippen LogP contribution is -2.17. The molecule has 4 rings (SSSR count). The van der Waals surface area contributed by atoms with E-state index in [2.05, 4.69) is 15.3 Å². The van der Waals surface area contributed by atoms with Crippen LogP contribution in [0.3, 0.4) is 0 Å². The molecule has 3 aromatic rings. The normalized spacial score (nSPS) is 16.0. The number of carbonyl (C=O) groups is 1. The second-order valence-corrected chi connectivity index (χ2v) is 6.90. The van der Waals surface area contributed by atoms with E-state index >= 15 is 0 Å². The molecule has 7 nitrogen and oxygen atoms in total. The van der Waals surface area contributed by atoms with Crippen LogP contribution in [0.15, 0.2) is 36.7 Å². The van der Waals surface area contributed by atoms with Crippen molar-refractivity contribution in [1.29, 1.82) is 0 Å². The minimum Gasteiger partial charge on any atom is -0.484 e. The molecule has 0 unspecified atom stereocenters. The van der Waals surface area contributed by atoms with Gasteiger partial charge in [-0.05, 0) is 24.3 Å². The molecule has 1 aliphatic rings. The fourth-order valence-corrected chi connectivity index (χ4v) is 3.17. The minimum atomic E-state index is -0.509. The molecule has 1 fully saturated rings. The van der Waals surface area contributed by atoms with Crippen LogP contribution in [0.4, 0.5) is 15.9 Å². The zero-order chi connectivity index (χ0) is 20.4. The van der Waals surface area contributed by atoms with Crippen molar-refractivity contribution in [3.05, 3.63) is 47.5 Å². The van der Waals surface area contributed by atoms with E-state index in [-0.39, 0.29) is 16.9 Å². The lowest BCUT2D eigenvalue weighted by atomic mass is 10.2. The summed E-state index contributed by atoms with van der Waals surface area (Å²) >= 11 is 5.86. The summed E-state index contributed by atoms with van der Waals surface area (Å²) in [6, 6.07) is 7.61. The van der Waals surface area contributed by atoms with Gasteiger partial charge in [0, 0.05) is 30.5 Å². The first-order chi connectivity index (χ1) is 14.0. The number of carbonyl (C=O) groups excluding carboxylic acids is 1. The van der Waals surface area contributed by atoms with E-state index in [9.17, 15) is 9.18 Å². The molecule has 0 saturated carbocycles. The molecule has 29 heavy (non-hydrogen) atoms. The van der Waals surface area contributed by atoms with Gasteiger partial charge < -0.3 is 19.5 Å². The molecule has 0 aliphatic carbocycles. The van der Waals surface area contributed by atoms with Crippen molar-refractivity contribution in [1.82, 2.24) is 9.97 Å². The fourth-order valence-electron chi connectivity index (χ4n) is 2.99. The largest absolute Gasteiger partial charge is 0.484 e. The van der Waals surface area contributed by atoms with Gasteiger partial charge in [-0.15, -0.1) is 0 Å². The first-order valence-corrected chi connectivity index (χ1v) is 9.31. The van der Waals surface area contributed by atoms with Crippen LogP contribution >= 0.6 is 11.6 Å². The Morgan fingerprint density at radius 2 is 2.14 bits per heavy atom. The average Bonchev–Trinajstić information content (AvgIpc) is 3.18. The molecule has 1 N–H and O–H groups in total. The Morgan fingerprint density at radius 3 is 2.86 bits per heavy atom. The third kappa shape index (κ3) is 4.38. The summed E-state index contributed by atoms with van der Waals surface area (Å²) < 4.78 is 30.1. The number of anilines is 2. The maximum absolute atomic E-state index is 13.4. The molecule has 0 amide bonds. The number of aromatic nitrogens is 2. The van der Waals surface area contributed by atoms with Crippen molar-refractivity contribution < 1.29 is 23.4 Å². The Labute approximate surface area is 170 Å². The number of nitrogens with one attached hydrogen (secondary N) is 1. The van der Waals surface area contributed by atoms with Crippen molar-refractivity contribution in [2.45, 2.75) is 19.4 Å². The van der Waals surface area contributed by atoms with Crippen LogP contribution in [0.1, 0.15) is 13.3 Å². The Kier molecular flexibility index (Phi) is 5.46. The van der Waals surface area contributed by atoms with Crippen LogP contribution in [-0.4, -0.2) is 35.3 Å². The van der Waals surface area contributed by atoms with Gasteiger partial charge in [-0.25, -0.2) is 14.4 Å². The van der Waals surface area contributed by atoms with E-state index in [1.165, 1.54) is 25.4 Å². The lowest BCUT2D eigenvalue weighted by molar-refractivity contribution is -0.132. The fraction of sp³-hybridized carbons (Fsp3) is 0.250. The molecular weight excluding hydrogens is 401 g/mol. The number of halogens is 2. The summed E-state index contributed by atoms with van der Waals surface area (Å²) in [5, 5.41) is 3.74. The topological polar surface area (TPSA) is 82.6 Å². The predicted molar refractivity (Wildman–Crippen MR) is 105 cm³/mol. The summed E-state index contributed by atoms with van der Waals surface area (Å²) in [5.41, 5.74) is 1.11. The summed E-state index contributed by atoms with van der Waals surface area (Å²) in [5.74, 6) is 0.152. The standard InChI is InChI=1S/C20H17ClFN3O4/c1-11(26)28-19-8-17-14(7-18(19)29-13-4-5-27-9-13)20(24-10-23-17)25-12-2-3-16(22)15(21)6-12/h2-3,6-8,10,13H,4-5,9H2,1H3,(H,23,24,25)/t13-/m0/s1. The second kappa shape index (κ2) is 8.18. The number of fused-ring (bicyclic) bond motifs is 1. The zero-order valence-corrected chi connectivity index (χ0v) is 16.2. The monoisotopic (exact) mass is 417 g/mol. The van der Waals surface area contributed by atoms with E-state index in [1.54, 1.807) is 18.2 Å². The molecule has 150 valence electrons. The van der Waals surface area contributed by atoms with Crippen LogP contribution in [0, 0.1) is 5.82 Å². The number of ether oxygens (including phenoxy) is 3. The minimum absolute atomic E-state index is 0.00392. The molecule has 2 aromatic carbocycles. The van der Waals surface area contributed by atoms with E-state index in [1.807, 2.05) is 0 Å². The van der Waals surface area contributed by atoms with Crippen LogP contribution in [0.2, 0.25) is 5.02 Å². The summed E-state index contributed by atoms with van der Waals surface area (Å²) in [6.45, 7) is 2.39. The smallest absolute Gasteiger partial charge is 0.308 e. The summed E-state index contributed by atoms with van der Waals surface area (Å²) in [6.07, 6.45) is 1.97. The molecule has 1 aromatic heterocycles. The number of hydrogen-bond acceptors (Lipinski definition) is 7. The van der Waals surface area contributed by atoms with E-state index in [4.69, 9.17) is 25.8 Å². The van der Waals surface area contributed by atoms with Crippen molar-refractivity contribution in [3.8, 4) is 11.5 Å². The Bertz CT molecular complexity index is 1070. The highest BCUT2D eigenvalue weighted by Gasteiger charge is 2.21. The number of hydrogen-bond donors (Lipinski definition) is 1. The molecule has 0 bridgehead atoms. The molecule has 2 heterocycles. The Morgan fingerprint density at radius 1 is 1.28 bits per heavy atom. The van der Waals surface area contributed by atoms with Crippen LogP contribution in [0.25, 0.3) is 10.9 Å². The van der Waals surface area contributed by atoms with E-state index < -0.39 is 11.8 Å². The van der Waals surface area contributed by atoms with E-state index in [0.29, 0.717) is 41.4 Å². The average molecular weight is 418 g/mol. The van der Waals surface area contributed by atoms with Gasteiger partial charge in [-0.1, -0.05) is 11.6 Å². The van der Waals surface area contributed by atoms with Gasteiger partial charge in [-0.3, -0.25) is 4.79 Å². The number of esters is 1. The zero-order valence-electron chi connectivity index (χ0n) is 15.4. The highest BCUT2D eigenvalue weighted by molar-refractivity contribution is 6.31. The van der Waals surface area contributed by atoms with Gasteiger partial charge in [0.15, 0.2) is 11.5 Å². The molecule has 0 spiro atoms. The van der Waals surface area contributed by atoms with Crippen molar-refractivity contribution in [2.75, 3.05) is 18.5 Å². The number of benzene rings is 2. The summed E-state index contributed by atoms with van der Waals surface area (Å²) in [7, 11) is 0. The first kappa shape index (κ1) is 19.4. The molecule has 9 heteroatoms. The van der Waals surface area contributed by atoms with Gasteiger partial charge in [-0.2, -0.15) is 0 Å². The highest BCUT2D eigenvalue weighted by atomic mass is 35.5. The molecule has 1 saturated heterocycles. The maximum atomic E-state index is 13.4. The van der Waals surface area contributed by atoms with Crippen molar-refractivity contribution in [2.24, 2.45) is 0 Å². The SMILES string of the molecule is CC(=O)Oc1cc2ncnc(Nc3ccc(F)c(Cl)c3)c2cc1O[C@H]1CCOC1. The van der Waals surface area contributed by atoms with Gasteiger partial charge in [0.25, 0.3) is 0 Å². The van der Waals surface area contributed by atoms with Gasteiger partial charge in [0.1, 0.15) is 24.1 Å². The van der Waals surface area contributed by atoms with Crippen molar-refractivity contribution in [3.63, 3.8) is 0 Å². The first-order valence-electron chi connectivity index (χ1n) is 8.93. The summed E-state index contributed by atoms with van der Waals surface area (Å²) in [4.78, 5) is 20.0. The third-order valence-corrected chi connectivity index (χ3v) is 4.61. The maximum Gasteiger partial charge on any atom is 0.308 e. The Balaban J connectivity index is 1.74. The molecule has 0 radical (unpaired) electrons. The number of nitrogens with zero attached hydrogens (tertiary/aromatic N) is 2. The van der Waals surface area contributed by atoms with Crippen LogP contribution < -0.4 is 14.8 Å².